The molecule has 2 atom stereocenters. The van der Waals surface area contributed by atoms with Gasteiger partial charge in [-0.05, 0) is 28.8 Å². The maximum atomic E-state index is 12.3. The number of morpholine rings is 1. The van der Waals surface area contributed by atoms with Crippen molar-refractivity contribution < 1.29 is 14.6 Å². The highest BCUT2D eigenvalue weighted by atomic mass is 16.5. The van der Waals surface area contributed by atoms with Gasteiger partial charge in [-0.1, -0.05) is 24.3 Å². The maximum absolute atomic E-state index is 12.3. The largest absolute Gasteiger partial charge is 0.390 e. The van der Waals surface area contributed by atoms with Crippen LogP contribution in [0.5, 0.6) is 0 Å². The van der Waals surface area contributed by atoms with Crippen molar-refractivity contribution in [2.75, 3.05) is 31.2 Å². The number of urea groups is 1. The number of carbonyl (C=O) groups is 1. The summed E-state index contributed by atoms with van der Waals surface area (Å²) in [5, 5.41) is 16.0. The predicted octanol–water partition coefficient (Wildman–Crippen LogP) is 1.38. The number of amides is 2. The summed E-state index contributed by atoms with van der Waals surface area (Å²) >= 11 is 0. The summed E-state index contributed by atoms with van der Waals surface area (Å²) < 4.78 is 5.37. The van der Waals surface area contributed by atoms with Crippen molar-refractivity contribution in [1.29, 1.82) is 0 Å². The van der Waals surface area contributed by atoms with Gasteiger partial charge in [0, 0.05) is 32.3 Å². The molecule has 142 valence electrons. The Bertz CT molecular complexity index is 807. The SMILES string of the molecule is O=C(NCc1ccnc(N2CCOCC2)c1)N[C@@H]1c2ccccc2C[C@@H]1O. The van der Waals surface area contributed by atoms with Crippen molar-refractivity contribution >= 4 is 11.8 Å². The first-order chi connectivity index (χ1) is 13.2. The van der Waals surface area contributed by atoms with Crippen molar-refractivity contribution in [2.45, 2.75) is 25.1 Å². The van der Waals surface area contributed by atoms with E-state index >= 15 is 0 Å². The molecule has 2 aromatic rings. The van der Waals surface area contributed by atoms with Gasteiger partial charge in [0.05, 0.1) is 25.4 Å². The Hall–Kier alpha value is -2.64. The molecule has 3 N–H and O–H groups in total. The van der Waals surface area contributed by atoms with Gasteiger partial charge in [0.25, 0.3) is 0 Å². The number of rotatable bonds is 4. The molecule has 1 aromatic carbocycles. The number of ether oxygens (including phenoxy) is 1. The van der Waals surface area contributed by atoms with Crippen molar-refractivity contribution in [1.82, 2.24) is 15.6 Å². The van der Waals surface area contributed by atoms with E-state index in [0.717, 1.165) is 35.6 Å². The van der Waals surface area contributed by atoms with E-state index in [1.165, 1.54) is 0 Å². The zero-order valence-corrected chi connectivity index (χ0v) is 15.1. The molecular weight excluding hydrogens is 344 g/mol. The lowest BCUT2D eigenvalue weighted by Gasteiger charge is -2.28. The van der Waals surface area contributed by atoms with Crippen molar-refractivity contribution in [3.05, 3.63) is 59.3 Å². The Morgan fingerprint density at radius 2 is 2.07 bits per heavy atom. The van der Waals surface area contributed by atoms with Crippen LogP contribution < -0.4 is 15.5 Å². The number of nitrogens with zero attached hydrogens (tertiary/aromatic N) is 2. The molecule has 7 heteroatoms. The predicted molar refractivity (Wildman–Crippen MR) is 102 cm³/mol. The van der Waals surface area contributed by atoms with Gasteiger partial charge >= 0.3 is 6.03 Å². The summed E-state index contributed by atoms with van der Waals surface area (Å²) in [6.45, 7) is 3.46. The summed E-state index contributed by atoms with van der Waals surface area (Å²) in [4.78, 5) is 18.9. The van der Waals surface area contributed by atoms with Crippen molar-refractivity contribution in [3.63, 3.8) is 0 Å². The summed E-state index contributed by atoms with van der Waals surface area (Å²) in [5.41, 5.74) is 3.05. The second-order valence-corrected chi connectivity index (χ2v) is 6.90. The molecule has 0 saturated carbocycles. The van der Waals surface area contributed by atoms with Gasteiger partial charge in [0.2, 0.25) is 0 Å². The van der Waals surface area contributed by atoms with Crippen LogP contribution in [0.15, 0.2) is 42.6 Å². The maximum Gasteiger partial charge on any atom is 0.315 e. The number of aliphatic hydroxyl groups excluding tert-OH is 1. The molecule has 1 aliphatic heterocycles. The van der Waals surface area contributed by atoms with Crippen LogP contribution in [0.3, 0.4) is 0 Å². The number of anilines is 1. The van der Waals surface area contributed by atoms with Gasteiger partial charge in [-0.2, -0.15) is 0 Å². The quantitative estimate of drug-likeness (QED) is 0.759. The normalized spacial score (nSPS) is 21.6. The zero-order chi connectivity index (χ0) is 18.6. The van der Waals surface area contributed by atoms with Crippen molar-refractivity contribution in [3.8, 4) is 0 Å². The number of hydrogen-bond donors (Lipinski definition) is 3. The molecule has 1 fully saturated rings. The average Bonchev–Trinajstić information content (AvgIpc) is 3.02. The first-order valence-corrected chi connectivity index (χ1v) is 9.28. The summed E-state index contributed by atoms with van der Waals surface area (Å²) in [6.07, 6.45) is 1.73. The molecule has 2 aliphatic rings. The highest BCUT2D eigenvalue weighted by molar-refractivity contribution is 5.74. The van der Waals surface area contributed by atoms with E-state index in [1.807, 2.05) is 36.4 Å². The number of aliphatic hydroxyl groups is 1. The van der Waals surface area contributed by atoms with E-state index in [9.17, 15) is 9.90 Å². The molecule has 0 radical (unpaired) electrons. The lowest BCUT2D eigenvalue weighted by atomic mass is 10.1. The summed E-state index contributed by atoms with van der Waals surface area (Å²) in [5.74, 6) is 0.901. The summed E-state index contributed by atoms with van der Waals surface area (Å²) in [6, 6.07) is 11.0. The minimum absolute atomic E-state index is 0.291. The third-order valence-electron chi connectivity index (χ3n) is 5.09. The molecule has 1 saturated heterocycles. The minimum atomic E-state index is -0.595. The van der Waals surface area contributed by atoms with Crippen LogP contribution in [0.4, 0.5) is 10.6 Å². The van der Waals surface area contributed by atoms with Gasteiger partial charge in [-0.15, -0.1) is 0 Å². The van der Waals surface area contributed by atoms with E-state index < -0.39 is 6.10 Å². The molecule has 0 unspecified atom stereocenters. The highest BCUT2D eigenvalue weighted by Crippen LogP contribution is 2.31. The average molecular weight is 368 g/mol. The number of fused-ring (bicyclic) bond motifs is 1. The molecule has 0 bridgehead atoms. The number of pyridine rings is 1. The fourth-order valence-electron chi connectivity index (χ4n) is 3.66. The fraction of sp³-hybridized carbons (Fsp3) is 0.400. The Balaban J connectivity index is 1.34. The van der Waals surface area contributed by atoms with E-state index in [4.69, 9.17) is 4.74 Å². The van der Waals surface area contributed by atoms with Crippen LogP contribution in [0.1, 0.15) is 22.7 Å². The minimum Gasteiger partial charge on any atom is -0.390 e. The van der Waals surface area contributed by atoms with E-state index in [1.54, 1.807) is 6.20 Å². The van der Waals surface area contributed by atoms with Crippen LogP contribution in [-0.4, -0.2) is 48.5 Å². The lowest BCUT2D eigenvalue weighted by Crippen LogP contribution is -2.40. The van der Waals surface area contributed by atoms with Gasteiger partial charge < -0.3 is 25.4 Å². The first-order valence-electron chi connectivity index (χ1n) is 9.28. The van der Waals surface area contributed by atoms with E-state index in [2.05, 4.69) is 20.5 Å². The second-order valence-electron chi connectivity index (χ2n) is 6.90. The van der Waals surface area contributed by atoms with Crippen LogP contribution >= 0.6 is 0 Å². The number of nitrogens with one attached hydrogen (secondary N) is 2. The van der Waals surface area contributed by atoms with Crippen LogP contribution in [-0.2, 0) is 17.7 Å². The molecule has 7 nitrogen and oxygen atoms in total. The molecule has 1 aromatic heterocycles. The zero-order valence-electron chi connectivity index (χ0n) is 15.1. The summed E-state index contributed by atoms with van der Waals surface area (Å²) in [7, 11) is 0. The Labute approximate surface area is 158 Å². The van der Waals surface area contributed by atoms with Gasteiger partial charge in [-0.25, -0.2) is 9.78 Å². The van der Waals surface area contributed by atoms with Gasteiger partial charge in [0.15, 0.2) is 0 Å². The molecular formula is C20H24N4O3. The van der Waals surface area contributed by atoms with Gasteiger partial charge in [-0.3, -0.25) is 0 Å². The number of aromatic nitrogens is 1. The Kier molecular flexibility index (Phi) is 5.22. The third kappa shape index (κ3) is 4.04. The fourth-order valence-corrected chi connectivity index (χ4v) is 3.66. The molecule has 2 amide bonds. The lowest BCUT2D eigenvalue weighted by molar-refractivity contribution is 0.122. The second kappa shape index (κ2) is 7.94. The van der Waals surface area contributed by atoms with Crippen LogP contribution in [0, 0.1) is 0 Å². The van der Waals surface area contributed by atoms with Crippen LogP contribution in [0.2, 0.25) is 0 Å². The third-order valence-corrected chi connectivity index (χ3v) is 5.09. The Morgan fingerprint density at radius 1 is 1.26 bits per heavy atom. The first kappa shape index (κ1) is 17.8. The molecule has 0 spiro atoms. The van der Waals surface area contributed by atoms with Crippen molar-refractivity contribution in [2.24, 2.45) is 0 Å². The van der Waals surface area contributed by atoms with Crippen LogP contribution in [0.25, 0.3) is 0 Å². The standard InChI is InChI=1S/C20H24N4O3/c25-17-12-15-3-1-2-4-16(15)19(17)23-20(26)22-13-14-5-6-21-18(11-14)24-7-9-27-10-8-24/h1-6,11,17,19,25H,7-10,12-13H2,(H2,22,23,26)/t17-,19+/m0/s1. The number of carbonyl (C=O) groups excluding carboxylic acids is 1. The molecule has 27 heavy (non-hydrogen) atoms. The molecule has 2 heterocycles. The molecule has 1 aliphatic carbocycles. The van der Waals surface area contributed by atoms with E-state index in [0.29, 0.717) is 26.2 Å². The topological polar surface area (TPSA) is 86.7 Å². The monoisotopic (exact) mass is 368 g/mol. The smallest absolute Gasteiger partial charge is 0.315 e. The molecule has 4 rings (SSSR count). The number of hydrogen-bond acceptors (Lipinski definition) is 5. The number of benzene rings is 1. The van der Waals surface area contributed by atoms with Gasteiger partial charge in [0.1, 0.15) is 5.82 Å². The van der Waals surface area contributed by atoms with E-state index in [-0.39, 0.29) is 12.1 Å². The highest BCUT2D eigenvalue weighted by Gasteiger charge is 2.31. The Morgan fingerprint density at radius 3 is 2.93 bits per heavy atom.